The number of hydrogen-bond donors (Lipinski definition) is 3. The molecule has 0 radical (unpaired) electrons. The predicted octanol–water partition coefficient (Wildman–Crippen LogP) is 2.30. The predicted molar refractivity (Wildman–Crippen MR) is 82.1 cm³/mol. The van der Waals surface area contributed by atoms with Crippen LogP contribution < -0.4 is 0 Å². The molecule has 3 aromatic rings. The highest BCUT2D eigenvalue weighted by Crippen LogP contribution is 2.38. The van der Waals surface area contributed by atoms with Gasteiger partial charge in [-0.2, -0.15) is 0 Å². The number of hydrogen-bond acceptors (Lipinski definition) is 3. The molecule has 0 amide bonds. The Balaban J connectivity index is 2.13. The maximum atomic E-state index is 10.2. The van der Waals surface area contributed by atoms with Gasteiger partial charge >= 0.3 is 0 Å². The molecule has 4 rings (SSSR count). The first kappa shape index (κ1) is 12.8. The smallest absolute Gasteiger partial charge is 0.110 e. The molecule has 0 spiro atoms. The highest BCUT2D eigenvalue weighted by Gasteiger charge is 2.34. The van der Waals surface area contributed by atoms with E-state index in [4.69, 9.17) is 0 Å². The number of aliphatic hydroxyl groups is 3. The van der Waals surface area contributed by atoms with E-state index in [0.29, 0.717) is 6.42 Å². The summed E-state index contributed by atoms with van der Waals surface area (Å²) in [7, 11) is 0. The Hall–Kier alpha value is -1.94. The van der Waals surface area contributed by atoms with Crippen LogP contribution in [-0.2, 0) is 6.42 Å². The molecule has 0 bridgehead atoms. The van der Waals surface area contributed by atoms with Crippen LogP contribution in [0.15, 0.2) is 48.5 Å². The average Bonchev–Trinajstić information content (AvgIpc) is 2.52. The maximum absolute atomic E-state index is 10.2. The minimum Gasteiger partial charge on any atom is -0.390 e. The number of aliphatic hydroxyl groups excluding tert-OH is 3. The maximum Gasteiger partial charge on any atom is 0.110 e. The van der Waals surface area contributed by atoms with E-state index in [1.807, 2.05) is 24.3 Å². The Morgan fingerprint density at radius 1 is 0.810 bits per heavy atom. The minimum absolute atomic E-state index is 0.360. The summed E-state index contributed by atoms with van der Waals surface area (Å²) in [5, 5.41) is 34.5. The molecule has 0 aromatic heterocycles. The zero-order chi connectivity index (χ0) is 14.6. The van der Waals surface area contributed by atoms with Crippen LogP contribution in [0.5, 0.6) is 0 Å². The van der Waals surface area contributed by atoms with Crippen molar-refractivity contribution in [3.05, 3.63) is 59.7 Å². The third-order valence-corrected chi connectivity index (χ3v) is 4.50. The Morgan fingerprint density at radius 3 is 2.38 bits per heavy atom. The lowest BCUT2D eigenvalue weighted by Crippen LogP contribution is -2.38. The summed E-state index contributed by atoms with van der Waals surface area (Å²) >= 11 is 0. The van der Waals surface area contributed by atoms with Crippen LogP contribution in [0.4, 0.5) is 0 Å². The quantitative estimate of drug-likeness (QED) is 0.554. The molecule has 3 atom stereocenters. The van der Waals surface area contributed by atoms with E-state index in [2.05, 4.69) is 24.3 Å². The van der Waals surface area contributed by atoms with Crippen LogP contribution in [0.25, 0.3) is 21.5 Å². The van der Waals surface area contributed by atoms with Gasteiger partial charge in [0.25, 0.3) is 0 Å². The number of benzene rings is 3. The van der Waals surface area contributed by atoms with E-state index >= 15 is 0 Å². The standard InChI is InChI=1S/C18H16O3/c19-15-9-14-13(17(20)18(15)21)8-7-11-6-5-10-3-1-2-4-12(10)16(11)14/h1-8,15,17-21H,9H2/t15-,17-,18-/m1/s1. The van der Waals surface area contributed by atoms with Crippen molar-refractivity contribution in [2.75, 3.05) is 0 Å². The molecule has 21 heavy (non-hydrogen) atoms. The molecule has 0 aliphatic heterocycles. The lowest BCUT2D eigenvalue weighted by atomic mass is 9.81. The summed E-state index contributed by atoms with van der Waals surface area (Å²) in [6, 6.07) is 16.1. The molecule has 1 aliphatic carbocycles. The summed E-state index contributed by atoms with van der Waals surface area (Å²) in [5.41, 5.74) is 1.66. The molecular weight excluding hydrogens is 264 g/mol. The summed E-state index contributed by atoms with van der Waals surface area (Å²) in [5.74, 6) is 0. The van der Waals surface area contributed by atoms with Gasteiger partial charge in [-0.1, -0.05) is 48.5 Å². The van der Waals surface area contributed by atoms with Gasteiger partial charge in [0.1, 0.15) is 12.2 Å². The fraction of sp³-hybridized carbons (Fsp3) is 0.222. The molecule has 0 saturated heterocycles. The molecule has 0 fully saturated rings. The number of fused-ring (bicyclic) bond motifs is 5. The van der Waals surface area contributed by atoms with Gasteiger partial charge in [-0.05, 0) is 32.7 Å². The van der Waals surface area contributed by atoms with Crippen LogP contribution in [0.3, 0.4) is 0 Å². The van der Waals surface area contributed by atoms with E-state index in [1.54, 1.807) is 0 Å². The van der Waals surface area contributed by atoms with Gasteiger partial charge in [-0.15, -0.1) is 0 Å². The van der Waals surface area contributed by atoms with Gasteiger partial charge in [0.15, 0.2) is 0 Å². The van der Waals surface area contributed by atoms with E-state index in [1.165, 1.54) is 0 Å². The van der Waals surface area contributed by atoms with Crippen molar-refractivity contribution < 1.29 is 15.3 Å². The molecule has 3 heteroatoms. The molecule has 106 valence electrons. The Labute approximate surface area is 122 Å². The van der Waals surface area contributed by atoms with Crippen molar-refractivity contribution in [1.82, 2.24) is 0 Å². The second-order valence-electron chi connectivity index (χ2n) is 5.73. The van der Waals surface area contributed by atoms with Crippen LogP contribution in [0.2, 0.25) is 0 Å². The van der Waals surface area contributed by atoms with Crippen molar-refractivity contribution in [3.63, 3.8) is 0 Å². The fourth-order valence-corrected chi connectivity index (χ4v) is 3.41. The van der Waals surface area contributed by atoms with Crippen molar-refractivity contribution >= 4 is 21.5 Å². The molecule has 1 aliphatic rings. The normalized spacial score (nSPS) is 25.2. The largest absolute Gasteiger partial charge is 0.390 e. The van der Waals surface area contributed by atoms with Crippen LogP contribution in [0, 0.1) is 0 Å². The Morgan fingerprint density at radius 2 is 1.52 bits per heavy atom. The van der Waals surface area contributed by atoms with E-state index in [-0.39, 0.29) is 0 Å². The first-order valence-corrected chi connectivity index (χ1v) is 7.14. The van der Waals surface area contributed by atoms with Crippen LogP contribution >= 0.6 is 0 Å². The van der Waals surface area contributed by atoms with Gasteiger partial charge in [-0.3, -0.25) is 0 Å². The second kappa shape index (κ2) is 4.53. The first-order chi connectivity index (χ1) is 10.2. The van der Waals surface area contributed by atoms with Gasteiger partial charge in [0.2, 0.25) is 0 Å². The van der Waals surface area contributed by atoms with Gasteiger partial charge in [-0.25, -0.2) is 0 Å². The minimum atomic E-state index is -1.12. The summed E-state index contributed by atoms with van der Waals surface area (Å²) < 4.78 is 0. The Kier molecular flexibility index (Phi) is 2.76. The molecule has 0 heterocycles. The highest BCUT2D eigenvalue weighted by molar-refractivity contribution is 6.09. The SMILES string of the molecule is O[C@@H]1[C@H](O)Cc2c(ccc3ccc4ccccc4c23)[C@H]1O. The third-order valence-electron chi connectivity index (χ3n) is 4.50. The molecule has 3 aromatic carbocycles. The van der Waals surface area contributed by atoms with Crippen molar-refractivity contribution in [3.8, 4) is 0 Å². The monoisotopic (exact) mass is 280 g/mol. The molecule has 0 saturated carbocycles. The molecule has 3 nitrogen and oxygen atoms in total. The topological polar surface area (TPSA) is 60.7 Å². The van der Waals surface area contributed by atoms with Crippen molar-refractivity contribution in [1.29, 1.82) is 0 Å². The zero-order valence-corrected chi connectivity index (χ0v) is 11.4. The fourth-order valence-electron chi connectivity index (χ4n) is 3.41. The summed E-state index contributed by atoms with van der Waals surface area (Å²) in [4.78, 5) is 0. The Bertz CT molecular complexity index is 840. The van der Waals surface area contributed by atoms with E-state index < -0.39 is 18.3 Å². The first-order valence-electron chi connectivity index (χ1n) is 7.14. The molecular formula is C18H16O3. The zero-order valence-electron chi connectivity index (χ0n) is 11.4. The lowest BCUT2D eigenvalue weighted by molar-refractivity contribution is -0.0682. The van der Waals surface area contributed by atoms with Crippen LogP contribution in [0.1, 0.15) is 17.2 Å². The molecule has 0 unspecified atom stereocenters. The van der Waals surface area contributed by atoms with E-state index in [9.17, 15) is 15.3 Å². The summed E-state index contributed by atoms with van der Waals surface area (Å²) in [6.45, 7) is 0. The second-order valence-corrected chi connectivity index (χ2v) is 5.73. The van der Waals surface area contributed by atoms with Gasteiger partial charge in [0.05, 0.1) is 6.10 Å². The van der Waals surface area contributed by atoms with Gasteiger partial charge < -0.3 is 15.3 Å². The van der Waals surface area contributed by atoms with Crippen molar-refractivity contribution in [2.24, 2.45) is 0 Å². The highest BCUT2D eigenvalue weighted by atomic mass is 16.4. The van der Waals surface area contributed by atoms with Crippen LogP contribution in [-0.4, -0.2) is 27.5 Å². The van der Waals surface area contributed by atoms with E-state index in [0.717, 1.165) is 32.7 Å². The third kappa shape index (κ3) is 1.79. The lowest BCUT2D eigenvalue weighted by Gasteiger charge is -2.31. The number of rotatable bonds is 0. The molecule has 3 N–H and O–H groups in total. The summed E-state index contributed by atoms with van der Waals surface area (Å²) in [6.07, 6.45) is -2.73. The van der Waals surface area contributed by atoms with Gasteiger partial charge in [0, 0.05) is 6.42 Å². The average molecular weight is 280 g/mol. The van der Waals surface area contributed by atoms with Crippen molar-refractivity contribution in [2.45, 2.75) is 24.7 Å².